The van der Waals surface area contributed by atoms with Crippen LogP contribution in [0.5, 0.6) is 0 Å². The van der Waals surface area contributed by atoms with Crippen LogP contribution in [0.1, 0.15) is 64.1 Å². The number of amides is 1. The predicted octanol–water partition coefficient (Wildman–Crippen LogP) is 3.72. The first-order valence-electron chi connectivity index (χ1n) is 9.20. The Labute approximate surface area is 148 Å². The third kappa shape index (κ3) is 3.46. The first-order chi connectivity index (χ1) is 12.0. The second kappa shape index (κ2) is 7.38. The van der Waals surface area contributed by atoms with Gasteiger partial charge in [0.05, 0.1) is 11.3 Å². The van der Waals surface area contributed by atoms with E-state index in [0.29, 0.717) is 12.1 Å². The maximum atomic E-state index is 12.8. The molecule has 0 spiro atoms. The van der Waals surface area contributed by atoms with Gasteiger partial charge in [-0.25, -0.2) is 0 Å². The molecule has 3 rings (SSSR count). The fraction of sp³-hybridized carbons (Fsp3) is 0.550. The monoisotopic (exact) mass is 342 g/mol. The van der Waals surface area contributed by atoms with Crippen LogP contribution in [0, 0.1) is 5.92 Å². The van der Waals surface area contributed by atoms with Gasteiger partial charge in [0.1, 0.15) is 6.04 Å². The van der Waals surface area contributed by atoms with E-state index in [0.717, 1.165) is 25.7 Å². The van der Waals surface area contributed by atoms with Crippen LogP contribution in [0.25, 0.3) is 0 Å². The number of ketones is 1. The number of nitrogens with zero attached hydrogens (tertiary/aromatic N) is 2. The lowest BCUT2D eigenvalue weighted by molar-refractivity contribution is -0.132. The van der Waals surface area contributed by atoms with E-state index in [9.17, 15) is 14.7 Å². The van der Waals surface area contributed by atoms with E-state index in [1.165, 1.54) is 6.42 Å². The standard InChI is InChI=1S/C20H26N2O3/c1-13(2)12-16(23)17-18(15-10-6-7-11-21-15)22(20(25)19(17)24)14-8-4-3-5-9-14/h6-7,10-11,13-14,18,24H,3-5,8-9,12H2,1-2H3. The van der Waals surface area contributed by atoms with E-state index >= 15 is 0 Å². The number of carbonyl (C=O) groups is 2. The molecule has 1 aliphatic carbocycles. The van der Waals surface area contributed by atoms with E-state index in [1.807, 2.05) is 32.0 Å². The SMILES string of the molecule is CC(C)CC(=O)C1=C(O)C(=O)N(C2CCCCC2)C1c1ccccn1. The summed E-state index contributed by atoms with van der Waals surface area (Å²) < 4.78 is 0. The number of hydrogen-bond acceptors (Lipinski definition) is 4. The van der Waals surface area contributed by atoms with Crippen LogP contribution in [-0.4, -0.2) is 32.7 Å². The maximum absolute atomic E-state index is 12.8. The summed E-state index contributed by atoms with van der Waals surface area (Å²) in [6, 6.07) is 4.98. The molecule has 1 saturated carbocycles. The molecular weight excluding hydrogens is 316 g/mol. The molecule has 1 amide bonds. The minimum Gasteiger partial charge on any atom is -0.503 e. The van der Waals surface area contributed by atoms with Crippen molar-refractivity contribution < 1.29 is 14.7 Å². The molecule has 0 saturated heterocycles. The van der Waals surface area contributed by atoms with Crippen LogP contribution >= 0.6 is 0 Å². The number of Topliss-reactive ketones (excluding diaryl/α,β-unsaturated/α-hetero) is 1. The summed E-state index contributed by atoms with van der Waals surface area (Å²) in [6.07, 6.45) is 7.11. The first kappa shape index (κ1) is 17.6. The zero-order valence-corrected chi connectivity index (χ0v) is 14.9. The molecule has 25 heavy (non-hydrogen) atoms. The molecule has 0 aromatic carbocycles. The van der Waals surface area contributed by atoms with Gasteiger partial charge in [-0.2, -0.15) is 0 Å². The highest BCUT2D eigenvalue weighted by molar-refractivity contribution is 6.09. The second-order valence-corrected chi connectivity index (χ2v) is 7.44. The Balaban J connectivity index is 2.02. The third-order valence-corrected chi connectivity index (χ3v) is 5.07. The number of aromatic nitrogens is 1. The molecular formula is C20H26N2O3. The maximum Gasteiger partial charge on any atom is 0.290 e. The van der Waals surface area contributed by atoms with Gasteiger partial charge in [0.2, 0.25) is 0 Å². The van der Waals surface area contributed by atoms with Crippen molar-refractivity contribution in [2.75, 3.05) is 0 Å². The molecule has 1 fully saturated rings. The quantitative estimate of drug-likeness (QED) is 0.885. The summed E-state index contributed by atoms with van der Waals surface area (Å²) in [6.45, 7) is 3.92. The second-order valence-electron chi connectivity index (χ2n) is 7.44. The van der Waals surface area contributed by atoms with Gasteiger partial charge in [0.25, 0.3) is 5.91 Å². The van der Waals surface area contributed by atoms with Crippen LogP contribution in [0.4, 0.5) is 0 Å². The van der Waals surface area contributed by atoms with E-state index in [-0.39, 0.29) is 29.1 Å². The highest BCUT2D eigenvalue weighted by Crippen LogP contribution is 2.41. The van der Waals surface area contributed by atoms with Gasteiger partial charge >= 0.3 is 0 Å². The Morgan fingerprint density at radius 2 is 2.00 bits per heavy atom. The van der Waals surface area contributed by atoms with Gasteiger partial charge in [-0.1, -0.05) is 39.2 Å². The molecule has 5 nitrogen and oxygen atoms in total. The van der Waals surface area contributed by atoms with Crippen molar-refractivity contribution in [1.29, 1.82) is 0 Å². The topological polar surface area (TPSA) is 70.5 Å². The van der Waals surface area contributed by atoms with E-state index in [1.54, 1.807) is 11.1 Å². The Bertz CT molecular complexity index is 675. The predicted molar refractivity (Wildman–Crippen MR) is 94.8 cm³/mol. The Morgan fingerprint density at radius 1 is 1.28 bits per heavy atom. The van der Waals surface area contributed by atoms with Crippen LogP contribution in [0.15, 0.2) is 35.7 Å². The summed E-state index contributed by atoms with van der Waals surface area (Å²) in [5, 5.41) is 10.5. The molecule has 1 N–H and O–H groups in total. The van der Waals surface area contributed by atoms with Crippen LogP contribution in [0.2, 0.25) is 0 Å². The lowest BCUT2D eigenvalue weighted by atomic mass is 9.90. The summed E-state index contributed by atoms with van der Waals surface area (Å²) >= 11 is 0. The number of pyridine rings is 1. The molecule has 2 aliphatic rings. The highest BCUT2D eigenvalue weighted by Gasteiger charge is 2.46. The van der Waals surface area contributed by atoms with Crippen molar-refractivity contribution in [1.82, 2.24) is 9.88 Å². The van der Waals surface area contributed by atoms with Gasteiger partial charge in [-0.05, 0) is 30.9 Å². The van der Waals surface area contributed by atoms with E-state index in [4.69, 9.17) is 0 Å². The number of hydrogen-bond donors (Lipinski definition) is 1. The van der Waals surface area contributed by atoms with Crippen LogP contribution in [-0.2, 0) is 9.59 Å². The van der Waals surface area contributed by atoms with Gasteiger partial charge in [0.15, 0.2) is 11.5 Å². The van der Waals surface area contributed by atoms with Gasteiger partial charge in [-0.3, -0.25) is 14.6 Å². The summed E-state index contributed by atoms with van der Waals surface area (Å²) in [5.41, 5.74) is 0.876. The zero-order chi connectivity index (χ0) is 18.0. The lowest BCUT2D eigenvalue weighted by Gasteiger charge is -2.36. The summed E-state index contributed by atoms with van der Waals surface area (Å²) in [4.78, 5) is 31.7. The lowest BCUT2D eigenvalue weighted by Crippen LogP contribution is -2.41. The van der Waals surface area contributed by atoms with Crippen molar-refractivity contribution >= 4 is 11.7 Å². The number of carbonyl (C=O) groups excluding carboxylic acids is 2. The molecule has 1 aromatic rings. The fourth-order valence-corrected chi connectivity index (χ4v) is 3.95. The van der Waals surface area contributed by atoms with E-state index in [2.05, 4.69) is 4.98 Å². The summed E-state index contributed by atoms with van der Waals surface area (Å²) in [5.74, 6) is -0.799. The number of rotatable bonds is 5. The van der Waals surface area contributed by atoms with Crippen molar-refractivity contribution in [2.24, 2.45) is 5.92 Å². The molecule has 0 bridgehead atoms. The van der Waals surface area contributed by atoms with Crippen molar-refractivity contribution in [3.63, 3.8) is 0 Å². The smallest absolute Gasteiger partial charge is 0.290 e. The van der Waals surface area contributed by atoms with E-state index < -0.39 is 11.9 Å². The summed E-state index contributed by atoms with van der Waals surface area (Å²) in [7, 11) is 0. The van der Waals surface area contributed by atoms with Gasteiger partial charge in [0, 0.05) is 18.7 Å². The van der Waals surface area contributed by atoms with Crippen LogP contribution in [0.3, 0.4) is 0 Å². The highest BCUT2D eigenvalue weighted by atomic mass is 16.3. The van der Waals surface area contributed by atoms with Crippen molar-refractivity contribution in [2.45, 2.75) is 64.5 Å². The Kier molecular flexibility index (Phi) is 5.21. The molecule has 1 unspecified atom stereocenters. The normalized spacial score (nSPS) is 22.1. The Morgan fingerprint density at radius 3 is 2.60 bits per heavy atom. The zero-order valence-electron chi connectivity index (χ0n) is 14.9. The van der Waals surface area contributed by atoms with Crippen molar-refractivity contribution in [3.05, 3.63) is 41.4 Å². The minimum absolute atomic E-state index is 0.0553. The number of aliphatic hydroxyl groups excluding tert-OH is 1. The van der Waals surface area contributed by atoms with Crippen molar-refractivity contribution in [3.8, 4) is 0 Å². The molecule has 1 aromatic heterocycles. The average molecular weight is 342 g/mol. The van der Waals surface area contributed by atoms with Gasteiger partial charge < -0.3 is 10.0 Å². The molecule has 1 aliphatic heterocycles. The molecule has 5 heteroatoms. The van der Waals surface area contributed by atoms with Crippen LogP contribution < -0.4 is 0 Å². The molecule has 0 radical (unpaired) electrons. The molecule has 2 heterocycles. The van der Waals surface area contributed by atoms with Gasteiger partial charge in [-0.15, -0.1) is 0 Å². The molecule has 1 atom stereocenters. The number of aliphatic hydroxyl groups is 1. The minimum atomic E-state index is -0.567. The Hall–Kier alpha value is -2.17. The first-order valence-corrected chi connectivity index (χ1v) is 9.20. The largest absolute Gasteiger partial charge is 0.503 e. The third-order valence-electron chi connectivity index (χ3n) is 5.07. The molecule has 134 valence electrons. The average Bonchev–Trinajstić information content (AvgIpc) is 2.87. The fourth-order valence-electron chi connectivity index (χ4n) is 3.95.